The number of hydrogen-bond acceptors (Lipinski definition) is 3. The third-order valence-electron chi connectivity index (χ3n) is 4.56. The maximum absolute atomic E-state index is 10.6. The first kappa shape index (κ1) is 17.3. The fourth-order valence-electron chi connectivity index (χ4n) is 3.23. The van der Waals surface area contributed by atoms with E-state index in [2.05, 4.69) is 29.6 Å². The van der Waals surface area contributed by atoms with Gasteiger partial charge in [-0.1, -0.05) is 41.9 Å². The van der Waals surface area contributed by atoms with Crippen molar-refractivity contribution in [3.05, 3.63) is 65.2 Å². The molecular weight excluding hydrogens is 322 g/mol. The van der Waals surface area contributed by atoms with Crippen molar-refractivity contribution in [2.45, 2.75) is 43.9 Å². The first-order valence-corrected chi connectivity index (χ1v) is 8.98. The van der Waals surface area contributed by atoms with Crippen LogP contribution < -0.4 is 10.1 Å². The molecule has 0 radical (unpaired) electrons. The second-order valence-corrected chi connectivity index (χ2v) is 6.76. The van der Waals surface area contributed by atoms with E-state index in [4.69, 9.17) is 16.3 Å². The Morgan fingerprint density at radius 1 is 1.04 bits per heavy atom. The van der Waals surface area contributed by atoms with Crippen molar-refractivity contribution in [1.29, 1.82) is 0 Å². The van der Waals surface area contributed by atoms with Crippen molar-refractivity contribution < 1.29 is 9.84 Å². The van der Waals surface area contributed by atoms with Gasteiger partial charge >= 0.3 is 0 Å². The van der Waals surface area contributed by atoms with Crippen LogP contribution in [0.25, 0.3) is 0 Å². The Morgan fingerprint density at radius 3 is 2.54 bits per heavy atom. The van der Waals surface area contributed by atoms with Crippen molar-refractivity contribution in [1.82, 2.24) is 5.32 Å². The van der Waals surface area contributed by atoms with Crippen molar-refractivity contribution in [2.75, 3.05) is 6.54 Å². The molecule has 0 amide bonds. The predicted molar refractivity (Wildman–Crippen MR) is 97.7 cm³/mol. The molecule has 3 atom stereocenters. The molecule has 3 nitrogen and oxygen atoms in total. The van der Waals surface area contributed by atoms with E-state index in [9.17, 15) is 5.11 Å². The topological polar surface area (TPSA) is 41.5 Å². The van der Waals surface area contributed by atoms with Gasteiger partial charge in [0.15, 0.2) is 0 Å². The Morgan fingerprint density at radius 2 is 1.79 bits per heavy atom. The minimum Gasteiger partial charge on any atom is -0.488 e. The maximum Gasteiger partial charge on any atom is 0.126 e. The second kappa shape index (κ2) is 8.52. The molecule has 4 heteroatoms. The van der Waals surface area contributed by atoms with Gasteiger partial charge in [-0.15, -0.1) is 0 Å². The van der Waals surface area contributed by atoms with Crippen LogP contribution in [-0.4, -0.2) is 29.9 Å². The van der Waals surface area contributed by atoms with Crippen LogP contribution in [0, 0.1) is 0 Å². The summed E-state index contributed by atoms with van der Waals surface area (Å²) < 4.78 is 5.97. The average molecular weight is 346 g/mol. The van der Waals surface area contributed by atoms with Gasteiger partial charge in [-0.3, -0.25) is 0 Å². The predicted octanol–water partition coefficient (Wildman–Crippen LogP) is 3.83. The van der Waals surface area contributed by atoms with E-state index >= 15 is 0 Å². The molecule has 0 spiro atoms. The monoisotopic (exact) mass is 345 g/mol. The van der Waals surface area contributed by atoms with Crippen LogP contribution in [0.5, 0.6) is 5.75 Å². The number of aliphatic hydroxyl groups is 1. The number of halogens is 1. The summed E-state index contributed by atoms with van der Waals surface area (Å²) in [4.78, 5) is 0. The number of nitrogens with one attached hydrogen (secondary N) is 1. The fraction of sp³-hybridized carbons (Fsp3) is 0.400. The van der Waals surface area contributed by atoms with E-state index in [1.165, 1.54) is 5.56 Å². The van der Waals surface area contributed by atoms with Gasteiger partial charge in [0.1, 0.15) is 18.0 Å². The lowest BCUT2D eigenvalue weighted by Gasteiger charge is -2.35. The van der Waals surface area contributed by atoms with Gasteiger partial charge in [0.05, 0.1) is 0 Å². The van der Waals surface area contributed by atoms with Crippen molar-refractivity contribution >= 4 is 11.6 Å². The Kier molecular flexibility index (Phi) is 6.13. The quantitative estimate of drug-likeness (QED) is 0.836. The van der Waals surface area contributed by atoms with E-state index in [1.807, 2.05) is 30.3 Å². The standard InChI is InChI=1S/C20H24ClNO2/c21-16-9-11-17(12-10-16)24-19-8-4-7-18(20(19)23)22-14-13-15-5-2-1-3-6-15/h1-3,5-6,9-12,18-20,22-23H,4,7-8,13-14H2/t18-,19+,20+/m0/s1. The number of hydrogen-bond donors (Lipinski definition) is 2. The lowest BCUT2D eigenvalue weighted by atomic mass is 9.89. The highest BCUT2D eigenvalue weighted by Crippen LogP contribution is 2.25. The van der Waals surface area contributed by atoms with Gasteiger partial charge in [-0.25, -0.2) is 0 Å². The normalized spacial score (nSPS) is 23.8. The highest BCUT2D eigenvalue weighted by molar-refractivity contribution is 6.30. The summed E-state index contributed by atoms with van der Waals surface area (Å²) in [5.41, 5.74) is 1.31. The van der Waals surface area contributed by atoms with Gasteiger partial charge in [-0.05, 0) is 62.1 Å². The zero-order valence-corrected chi connectivity index (χ0v) is 14.5. The SMILES string of the molecule is O[C@@H]1[C@@H](NCCc2ccccc2)CCC[C@H]1Oc1ccc(Cl)cc1. The van der Waals surface area contributed by atoms with Crippen LogP contribution in [0.1, 0.15) is 24.8 Å². The molecule has 24 heavy (non-hydrogen) atoms. The summed E-state index contributed by atoms with van der Waals surface area (Å²) in [5, 5.41) is 14.8. The average Bonchev–Trinajstić information content (AvgIpc) is 2.61. The van der Waals surface area contributed by atoms with Gasteiger partial charge in [0.2, 0.25) is 0 Å². The van der Waals surface area contributed by atoms with Crippen molar-refractivity contribution in [3.8, 4) is 5.75 Å². The molecule has 0 aliphatic heterocycles. The molecule has 0 bridgehead atoms. The Bertz CT molecular complexity index is 617. The van der Waals surface area contributed by atoms with E-state index in [1.54, 1.807) is 0 Å². The lowest BCUT2D eigenvalue weighted by Crippen LogP contribution is -2.51. The summed E-state index contributed by atoms with van der Waals surface area (Å²) in [7, 11) is 0. The number of ether oxygens (including phenoxy) is 1. The molecular formula is C20H24ClNO2. The highest BCUT2D eigenvalue weighted by atomic mass is 35.5. The molecule has 1 aliphatic rings. The van der Waals surface area contributed by atoms with Crippen LogP contribution in [0.4, 0.5) is 0 Å². The first-order valence-electron chi connectivity index (χ1n) is 8.60. The van der Waals surface area contributed by atoms with E-state index in [0.717, 1.165) is 38.0 Å². The molecule has 2 N–H and O–H groups in total. The van der Waals surface area contributed by atoms with Crippen LogP contribution in [0.15, 0.2) is 54.6 Å². The minimum atomic E-state index is -0.495. The summed E-state index contributed by atoms with van der Waals surface area (Å²) in [5.74, 6) is 0.758. The number of benzene rings is 2. The zero-order chi connectivity index (χ0) is 16.8. The Hall–Kier alpha value is -1.55. The Balaban J connectivity index is 1.50. The molecule has 1 fully saturated rings. The molecule has 0 saturated heterocycles. The fourth-order valence-corrected chi connectivity index (χ4v) is 3.35. The Labute approximate surface area is 148 Å². The molecule has 0 heterocycles. The van der Waals surface area contributed by atoms with E-state index in [0.29, 0.717) is 5.02 Å². The van der Waals surface area contributed by atoms with Crippen LogP contribution in [0.3, 0.4) is 0 Å². The summed E-state index contributed by atoms with van der Waals surface area (Å²) in [6, 6.07) is 17.8. The summed E-state index contributed by atoms with van der Waals surface area (Å²) >= 11 is 5.90. The molecule has 128 valence electrons. The maximum atomic E-state index is 10.6. The van der Waals surface area contributed by atoms with E-state index in [-0.39, 0.29) is 12.1 Å². The molecule has 1 aliphatic carbocycles. The number of rotatable bonds is 6. The molecule has 0 aromatic heterocycles. The second-order valence-electron chi connectivity index (χ2n) is 6.33. The third-order valence-corrected chi connectivity index (χ3v) is 4.81. The lowest BCUT2D eigenvalue weighted by molar-refractivity contribution is -0.0151. The van der Waals surface area contributed by atoms with Gasteiger partial charge in [0, 0.05) is 11.1 Å². The van der Waals surface area contributed by atoms with Crippen molar-refractivity contribution in [3.63, 3.8) is 0 Å². The van der Waals surface area contributed by atoms with Crippen LogP contribution in [0.2, 0.25) is 5.02 Å². The first-order chi connectivity index (χ1) is 11.7. The molecule has 2 aromatic rings. The molecule has 2 aromatic carbocycles. The van der Waals surface area contributed by atoms with Gasteiger partial charge in [-0.2, -0.15) is 0 Å². The molecule has 0 unspecified atom stereocenters. The van der Waals surface area contributed by atoms with Gasteiger partial charge < -0.3 is 15.2 Å². The van der Waals surface area contributed by atoms with Crippen LogP contribution in [-0.2, 0) is 6.42 Å². The summed E-state index contributed by atoms with van der Waals surface area (Å²) in [6.07, 6.45) is 3.21. The minimum absolute atomic E-state index is 0.0831. The van der Waals surface area contributed by atoms with E-state index < -0.39 is 6.10 Å². The molecule has 1 saturated carbocycles. The third kappa shape index (κ3) is 4.73. The summed E-state index contributed by atoms with van der Waals surface area (Å²) in [6.45, 7) is 0.861. The number of aliphatic hydroxyl groups excluding tert-OH is 1. The smallest absolute Gasteiger partial charge is 0.126 e. The van der Waals surface area contributed by atoms with Crippen molar-refractivity contribution in [2.24, 2.45) is 0 Å². The zero-order valence-electron chi connectivity index (χ0n) is 13.7. The van der Waals surface area contributed by atoms with Crippen LogP contribution >= 0.6 is 11.6 Å². The largest absolute Gasteiger partial charge is 0.488 e. The van der Waals surface area contributed by atoms with Gasteiger partial charge in [0.25, 0.3) is 0 Å². The molecule has 3 rings (SSSR count). The highest BCUT2D eigenvalue weighted by Gasteiger charge is 2.32.